The first kappa shape index (κ1) is 11.4. The summed E-state index contributed by atoms with van der Waals surface area (Å²) in [4.78, 5) is 23.3. The Bertz CT molecular complexity index is 863. The van der Waals surface area contributed by atoms with Gasteiger partial charge >= 0.3 is 5.63 Å². The zero-order valence-electron chi connectivity index (χ0n) is 10.1. The van der Waals surface area contributed by atoms with Crippen LogP contribution in [0, 0.1) is 6.92 Å². The van der Waals surface area contributed by atoms with Crippen LogP contribution in [0.3, 0.4) is 0 Å². The number of benzene rings is 1. The average molecular weight is 254 g/mol. The van der Waals surface area contributed by atoms with E-state index in [0.29, 0.717) is 16.6 Å². The third-order valence-corrected chi connectivity index (χ3v) is 2.92. The second-order valence-corrected chi connectivity index (χ2v) is 4.22. The molecule has 0 aliphatic rings. The number of aromatic amines is 1. The highest BCUT2D eigenvalue weighted by Crippen LogP contribution is 2.23. The lowest BCUT2D eigenvalue weighted by atomic mass is 10.1. The quantitative estimate of drug-likeness (QED) is 0.719. The molecule has 0 unspecified atom stereocenters. The standard InChI is InChI=1S/C14H10N2O3/c1-8-7-10(17)19-13-11(8)14(18)16-15-12(13)9-5-3-2-4-6-9/h2-7H,1H3,(H,16,18). The van der Waals surface area contributed by atoms with Gasteiger partial charge in [-0.15, -0.1) is 0 Å². The zero-order valence-corrected chi connectivity index (χ0v) is 10.1. The Morgan fingerprint density at radius 2 is 1.89 bits per heavy atom. The first-order valence-electron chi connectivity index (χ1n) is 5.75. The minimum absolute atomic E-state index is 0.222. The molecule has 19 heavy (non-hydrogen) atoms. The summed E-state index contributed by atoms with van der Waals surface area (Å²) in [7, 11) is 0. The fraction of sp³-hybridized carbons (Fsp3) is 0.0714. The van der Waals surface area contributed by atoms with E-state index in [9.17, 15) is 9.59 Å². The van der Waals surface area contributed by atoms with Gasteiger partial charge in [0.1, 0.15) is 5.69 Å². The van der Waals surface area contributed by atoms with Crippen molar-refractivity contribution >= 4 is 11.0 Å². The number of rotatable bonds is 1. The summed E-state index contributed by atoms with van der Waals surface area (Å²) in [6, 6.07) is 10.5. The van der Waals surface area contributed by atoms with Crippen LogP contribution in [0.2, 0.25) is 0 Å². The van der Waals surface area contributed by atoms with Gasteiger partial charge in [-0.05, 0) is 12.5 Å². The summed E-state index contributed by atoms with van der Waals surface area (Å²) in [6.07, 6.45) is 0. The Morgan fingerprint density at radius 3 is 2.63 bits per heavy atom. The summed E-state index contributed by atoms with van der Waals surface area (Å²) in [6.45, 7) is 1.70. The molecule has 5 heteroatoms. The summed E-state index contributed by atoms with van der Waals surface area (Å²) in [5.41, 5.74) is 1.17. The van der Waals surface area contributed by atoms with E-state index in [2.05, 4.69) is 10.2 Å². The molecule has 2 aromatic heterocycles. The molecule has 0 saturated carbocycles. The van der Waals surface area contributed by atoms with Crippen LogP contribution in [0.1, 0.15) is 5.56 Å². The number of aromatic nitrogens is 2. The van der Waals surface area contributed by atoms with E-state index in [1.807, 2.05) is 30.3 Å². The Morgan fingerprint density at radius 1 is 1.16 bits per heavy atom. The Labute approximate surface area is 107 Å². The molecule has 0 bridgehead atoms. The van der Waals surface area contributed by atoms with Crippen LogP contribution in [0.15, 0.2) is 50.4 Å². The molecule has 1 N–H and O–H groups in total. The topological polar surface area (TPSA) is 76.0 Å². The monoisotopic (exact) mass is 254 g/mol. The number of hydrogen-bond donors (Lipinski definition) is 1. The number of hydrogen-bond acceptors (Lipinski definition) is 4. The molecule has 0 radical (unpaired) electrons. The molecular weight excluding hydrogens is 244 g/mol. The number of nitrogens with zero attached hydrogens (tertiary/aromatic N) is 1. The van der Waals surface area contributed by atoms with Crippen molar-refractivity contribution in [3.05, 3.63) is 62.7 Å². The molecule has 3 aromatic rings. The number of nitrogens with one attached hydrogen (secondary N) is 1. The van der Waals surface area contributed by atoms with E-state index in [0.717, 1.165) is 5.56 Å². The fourth-order valence-corrected chi connectivity index (χ4v) is 2.06. The number of H-pyrrole nitrogens is 1. The van der Waals surface area contributed by atoms with Crippen LogP contribution in [0.4, 0.5) is 0 Å². The van der Waals surface area contributed by atoms with Gasteiger partial charge in [-0.2, -0.15) is 5.10 Å². The van der Waals surface area contributed by atoms with E-state index in [4.69, 9.17) is 4.42 Å². The van der Waals surface area contributed by atoms with E-state index < -0.39 is 5.63 Å². The van der Waals surface area contributed by atoms with Gasteiger partial charge in [-0.25, -0.2) is 9.89 Å². The average Bonchev–Trinajstić information content (AvgIpc) is 2.39. The van der Waals surface area contributed by atoms with Crippen molar-refractivity contribution in [3.8, 4) is 11.3 Å². The van der Waals surface area contributed by atoms with Gasteiger partial charge in [-0.1, -0.05) is 30.3 Å². The molecule has 0 spiro atoms. The molecule has 0 aliphatic heterocycles. The molecular formula is C14H10N2O3. The zero-order chi connectivity index (χ0) is 13.4. The first-order valence-corrected chi connectivity index (χ1v) is 5.75. The summed E-state index contributed by atoms with van der Waals surface area (Å²) >= 11 is 0. The second-order valence-electron chi connectivity index (χ2n) is 4.22. The molecule has 5 nitrogen and oxygen atoms in total. The van der Waals surface area contributed by atoms with Crippen LogP contribution in [-0.4, -0.2) is 10.2 Å². The molecule has 0 saturated heterocycles. The van der Waals surface area contributed by atoms with Crippen molar-refractivity contribution in [2.24, 2.45) is 0 Å². The first-order chi connectivity index (χ1) is 9.16. The van der Waals surface area contributed by atoms with Crippen LogP contribution < -0.4 is 11.2 Å². The van der Waals surface area contributed by atoms with Gasteiger partial charge in [0.05, 0.1) is 5.39 Å². The summed E-state index contributed by atoms with van der Waals surface area (Å²) < 4.78 is 5.17. The van der Waals surface area contributed by atoms with Gasteiger partial charge < -0.3 is 4.42 Å². The molecule has 0 fully saturated rings. The Hall–Kier alpha value is -2.69. The van der Waals surface area contributed by atoms with Crippen molar-refractivity contribution in [2.75, 3.05) is 0 Å². The Balaban J connectivity index is 2.49. The van der Waals surface area contributed by atoms with Gasteiger partial charge in [-0.3, -0.25) is 4.79 Å². The van der Waals surface area contributed by atoms with Gasteiger partial charge in [0.25, 0.3) is 5.56 Å². The predicted molar refractivity (Wildman–Crippen MR) is 71.1 cm³/mol. The lowest BCUT2D eigenvalue weighted by Crippen LogP contribution is -2.13. The van der Waals surface area contributed by atoms with Gasteiger partial charge in [0, 0.05) is 11.6 Å². The SMILES string of the molecule is Cc1cc(=O)oc2c(-c3ccccc3)n[nH]c(=O)c12. The maximum atomic E-state index is 11.8. The van der Waals surface area contributed by atoms with Gasteiger partial charge in [0.15, 0.2) is 5.58 Å². The summed E-state index contributed by atoms with van der Waals surface area (Å²) in [5, 5.41) is 6.78. The molecule has 94 valence electrons. The molecule has 0 amide bonds. The van der Waals surface area contributed by atoms with E-state index >= 15 is 0 Å². The largest absolute Gasteiger partial charge is 0.420 e. The van der Waals surface area contributed by atoms with Crippen LogP contribution >= 0.6 is 0 Å². The smallest absolute Gasteiger partial charge is 0.336 e. The maximum absolute atomic E-state index is 11.8. The molecule has 2 heterocycles. The minimum Gasteiger partial charge on any atom is -0.420 e. The number of aryl methyl sites for hydroxylation is 1. The van der Waals surface area contributed by atoms with Crippen molar-refractivity contribution in [1.29, 1.82) is 0 Å². The highest BCUT2D eigenvalue weighted by atomic mass is 16.4. The van der Waals surface area contributed by atoms with E-state index in [1.54, 1.807) is 6.92 Å². The van der Waals surface area contributed by atoms with Crippen molar-refractivity contribution < 1.29 is 4.42 Å². The fourth-order valence-electron chi connectivity index (χ4n) is 2.06. The highest BCUT2D eigenvalue weighted by Gasteiger charge is 2.13. The van der Waals surface area contributed by atoms with Gasteiger partial charge in [0.2, 0.25) is 0 Å². The molecule has 1 aromatic carbocycles. The van der Waals surface area contributed by atoms with Crippen molar-refractivity contribution in [3.63, 3.8) is 0 Å². The maximum Gasteiger partial charge on any atom is 0.336 e. The van der Waals surface area contributed by atoms with Crippen LogP contribution in [0.5, 0.6) is 0 Å². The Kier molecular flexibility index (Phi) is 2.52. The molecule has 3 rings (SSSR count). The van der Waals surface area contributed by atoms with Crippen molar-refractivity contribution in [2.45, 2.75) is 6.92 Å². The van der Waals surface area contributed by atoms with Crippen LogP contribution in [-0.2, 0) is 0 Å². The molecule has 0 aliphatic carbocycles. The normalized spacial score (nSPS) is 10.8. The van der Waals surface area contributed by atoms with Crippen molar-refractivity contribution in [1.82, 2.24) is 10.2 Å². The van der Waals surface area contributed by atoms with Crippen LogP contribution in [0.25, 0.3) is 22.2 Å². The lowest BCUT2D eigenvalue weighted by molar-refractivity contribution is 0.558. The third-order valence-electron chi connectivity index (χ3n) is 2.92. The lowest BCUT2D eigenvalue weighted by Gasteiger charge is -2.04. The second kappa shape index (κ2) is 4.20. The van der Waals surface area contributed by atoms with E-state index in [1.165, 1.54) is 6.07 Å². The predicted octanol–water partition coefficient (Wildman–Crippen LogP) is 1.85. The van der Waals surface area contributed by atoms with E-state index in [-0.39, 0.29) is 11.1 Å². The third kappa shape index (κ3) is 1.85. The summed E-state index contributed by atoms with van der Waals surface area (Å²) in [5.74, 6) is 0. The number of fused-ring (bicyclic) bond motifs is 1. The highest BCUT2D eigenvalue weighted by molar-refractivity contribution is 5.90. The molecule has 0 atom stereocenters. The minimum atomic E-state index is -0.491.